The van der Waals surface area contributed by atoms with Gasteiger partial charge in [0.25, 0.3) is 0 Å². The van der Waals surface area contributed by atoms with Crippen molar-refractivity contribution in [2.45, 2.75) is 26.9 Å². The number of aryl methyl sites for hydroxylation is 1. The standard InChI is InChI=1S/C16H19NO3/c1-4-20-16(12-6-5-7-17-9-12)14-11(3)15(19)10(2)8-13(14)18/h5-9,16,18-19H,4H2,1-3H3. The average molecular weight is 273 g/mol. The third-order valence-electron chi connectivity index (χ3n) is 3.34. The van der Waals surface area contributed by atoms with Crippen LogP contribution in [0.25, 0.3) is 0 Å². The van der Waals surface area contributed by atoms with Crippen molar-refractivity contribution >= 4 is 0 Å². The van der Waals surface area contributed by atoms with Gasteiger partial charge in [-0.2, -0.15) is 0 Å². The second kappa shape index (κ2) is 5.92. The molecule has 4 nitrogen and oxygen atoms in total. The van der Waals surface area contributed by atoms with Crippen LogP contribution >= 0.6 is 0 Å². The summed E-state index contributed by atoms with van der Waals surface area (Å²) < 4.78 is 5.76. The van der Waals surface area contributed by atoms with Crippen LogP contribution in [-0.4, -0.2) is 21.8 Å². The van der Waals surface area contributed by atoms with E-state index in [2.05, 4.69) is 4.98 Å². The molecular formula is C16H19NO3. The lowest BCUT2D eigenvalue weighted by atomic mass is 9.94. The fourth-order valence-electron chi connectivity index (χ4n) is 2.34. The number of hydrogen-bond donors (Lipinski definition) is 2. The van der Waals surface area contributed by atoms with Crippen molar-refractivity contribution in [3.63, 3.8) is 0 Å². The Kier molecular flexibility index (Phi) is 4.25. The van der Waals surface area contributed by atoms with Crippen LogP contribution in [0, 0.1) is 13.8 Å². The van der Waals surface area contributed by atoms with Crippen LogP contribution < -0.4 is 0 Å². The van der Waals surface area contributed by atoms with Gasteiger partial charge in [-0.1, -0.05) is 6.07 Å². The van der Waals surface area contributed by atoms with E-state index in [-0.39, 0.29) is 11.5 Å². The number of hydrogen-bond acceptors (Lipinski definition) is 4. The summed E-state index contributed by atoms with van der Waals surface area (Å²) >= 11 is 0. The van der Waals surface area contributed by atoms with E-state index >= 15 is 0 Å². The summed E-state index contributed by atoms with van der Waals surface area (Å²) in [5.41, 5.74) is 2.70. The van der Waals surface area contributed by atoms with Gasteiger partial charge in [-0.25, -0.2) is 0 Å². The number of pyridine rings is 1. The Balaban J connectivity index is 2.59. The maximum Gasteiger partial charge on any atom is 0.122 e. The molecule has 0 saturated carbocycles. The van der Waals surface area contributed by atoms with Crippen LogP contribution in [-0.2, 0) is 4.74 Å². The van der Waals surface area contributed by atoms with Crippen LogP contribution in [0.2, 0.25) is 0 Å². The van der Waals surface area contributed by atoms with E-state index in [0.717, 1.165) is 5.56 Å². The molecule has 0 aliphatic rings. The summed E-state index contributed by atoms with van der Waals surface area (Å²) in [6.45, 7) is 5.92. The smallest absolute Gasteiger partial charge is 0.122 e. The number of nitrogens with zero attached hydrogens (tertiary/aromatic N) is 1. The first kappa shape index (κ1) is 14.3. The van der Waals surface area contributed by atoms with Gasteiger partial charge in [0.05, 0.1) is 0 Å². The van der Waals surface area contributed by atoms with Gasteiger partial charge in [0.15, 0.2) is 0 Å². The number of rotatable bonds is 4. The monoisotopic (exact) mass is 273 g/mol. The Hall–Kier alpha value is -2.07. The number of benzene rings is 1. The first-order valence-electron chi connectivity index (χ1n) is 6.59. The molecule has 0 radical (unpaired) electrons. The lowest BCUT2D eigenvalue weighted by Crippen LogP contribution is -2.09. The van der Waals surface area contributed by atoms with Crippen molar-refractivity contribution in [1.29, 1.82) is 0 Å². The van der Waals surface area contributed by atoms with E-state index in [1.165, 1.54) is 0 Å². The van der Waals surface area contributed by atoms with E-state index in [4.69, 9.17) is 4.74 Å². The molecule has 20 heavy (non-hydrogen) atoms. The van der Waals surface area contributed by atoms with E-state index in [1.54, 1.807) is 32.3 Å². The summed E-state index contributed by atoms with van der Waals surface area (Å²) in [5.74, 6) is 0.312. The van der Waals surface area contributed by atoms with Gasteiger partial charge in [-0.3, -0.25) is 4.98 Å². The maximum atomic E-state index is 10.2. The van der Waals surface area contributed by atoms with E-state index in [1.807, 2.05) is 19.1 Å². The van der Waals surface area contributed by atoms with Crippen LogP contribution in [0.5, 0.6) is 11.5 Å². The molecule has 2 rings (SSSR count). The third-order valence-corrected chi connectivity index (χ3v) is 3.34. The molecule has 1 aromatic heterocycles. The zero-order chi connectivity index (χ0) is 14.7. The third kappa shape index (κ3) is 2.60. The molecule has 1 unspecified atom stereocenters. The van der Waals surface area contributed by atoms with Gasteiger partial charge in [0, 0.05) is 35.7 Å². The van der Waals surface area contributed by atoms with Crippen molar-refractivity contribution < 1.29 is 14.9 Å². The lowest BCUT2D eigenvalue weighted by Gasteiger charge is -2.22. The van der Waals surface area contributed by atoms with Crippen LogP contribution in [0.15, 0.2) is 30.6 Å². The number of aromatic hydroxyl groups is 2. The van der Waals surface area contributed by atoms with Crippen LogP contribution in [0.4, 0.5) is 0 Å². The molecule has 0 bridgehead atoms. The zero-order valence-electron chi connectivity index (χ0n) is 11.9. The van der Waals surface area contributed by atoms with Gasteiger partial charge in [0.1, 0.15) is 17.6 Å². The SMILES string of the molecule is CCOC(c1cccnc1)c1c(O)cc(C)c(O)c1C. The van der Waals surface area contributed by atoms with E-state index < -0.39 is 6.10 Å². The largest absolute Gasteiger partial charge is 0.508 e. The Morgan fingerprint density at radius 1 is 1.30 bits per heavy atom. The number of phenolic OH excluding ortho intramolecular Hbond substituents is 2. The zero-order valence-corrected chi connectivity index (χ0v) is 11.9. The topological polar surface area (TPSA) is 62.6 Å². The highest BCUT2D eigenvalue weighted by Crippen LogP contribution is 2.39. The molecule has 106 valence electrons. The maximum absolute atomic E-state index is 10.2. The Labute approximate surface area is 118 Å². The summed E-state index contributed by atoms with van der Waals surface area (Å²) in [6, 6.07) is 5.27. The highest BCUT2D eigenvalue weighted by atomic mass is 16.5. The van der Waals surface area contributed by atoms with Gasteiger partial charge in [0.2, 0.25) is 0 Å². The van der Waals surface area contributed by atoms with Crippen molar-refractivity contribution in [3.05, 3.63) is 52.8 Å². The van der Waals surface area contributed by atoms with E-state index in [9.17, 15) is 10.2 Å². The van der Waals surface area contributed by atoms with Gasteiger partial charge in [-0.05, 0) is 38.5 Å². The molecule has 0 saturated heterocycles. The second-order valence-electron chi connectivity index (χ2n) is 4.72. The Morgan fingerprint density at radius 3 is 2.65 bits per heavy atom. The highest BCUT2D eigenvalue weighted by Gasteiger charge is 2.23. The van der Waals surface area contributed by atoms with Crippen LogP contribution in [0.3, 0.4) is 0 Å². The molecule has 0 aliphatic carbocycles. The molecule has 2 N–H and O–H groups in total. The Morgan fingerprint density at radius 2 is 2.05 bits per heavy atom. The average Bonchev–Trinajstić information content (AvgIpc) is 2.45. The Bertz CT molecular complexity index is 596. The lowest BCUT2D eigenvalue weighted by molar-refractivity contribution is 0.0886. The van der Waals surface area contributed by atoms with Crippen molar-refractivity contribution in [1.82, 2.24) is 4.98 Å². The first-order valence-corrected chi connectivity index (χ1v) is 6.59. The fraction of sp³-hybridized carbons (Fsp3) is 0.312. The fourth-order valence-corrected chi connectivity index (χ4v) is 2.34. The molecule has 2 aromatic rings. The number of aromatic nitrogens is 1. The number of phenols is 2. The van der Waals surface area contributed by atoms with Gasteiger partial charge in [-0.15, -0.1) is 0 Å². The summed E-state index contributed by atoms with van der Waals surface area (Å²) in [7, 11) is 0. The summed E-state index contributed by atoms with van der Waals surface area (Å²) in [6.07, 6.45) is 2.95. The van der Waals surface area contributed by atoms with Crippen LogP contribution in [0.1, 0.15) is 35.3 Å². The van der Waals surface area contributed by atoms with Crippen molar-refractivity contribution in [2.24, 2.45) is 0 Å². The van der Waals surface area contributed by atoms with E-state index in [0.29, 0.717) is 23.3 Å². The summed E-state index contributed by atoms with van der Waals surface area (Å²) in [4.78, 5) is 4.09. The molecule has 0 amide bonds. The minimum Gasteiger partial charge on any atom is -0.508 e. The normalized spacial score (nSPS) is 12.3. The molecule has 1 heterocycles. The minimum absolute atomic E-state index is 0.125. The molecule has 1 atom stereocenters. The van der Waals surface area contributed by atoms with Gasteiger partial charge >= 0.3 is 0 Å². The molecule has 0 aliphatic heterocycles. The second-order valence-corrected chi connectivity index (χ2v) is 4.72. The molecule has 4 heteroatoms. The van der Waals surface area contributed by atoms with Crippen molar-refractivity contribution in [2.75, 3.05) is 6.61 Å². The number of ether oxygens (including phenoxy) is 1. The predicted molar refractivity (Wildman–Crippen MR) is 77.0 cm³/mol. The first-order chi connectivity index (χ1) is 9.56. The minimum atomic E-state index is -0.444. The van der Waals surface area contributed by atoms with Crippen molar-refractivity contribution in [3.8, 4) is 11.5 Å². The molecule has 0 spiro atoms. The predicted octanol–water partition coefficient (Wildman–Crippen LogP) is 3.24. The summed E-state index contributed by atoms with van der Waals surface area (Å²) in [5, 5.41) is 20.3. The molecular weight excluding hydrogens is 254 g/mol. The molecule has 1 aromatic carbocycles. The van der Waals surface area contributed by atoms with Gasteiger partial charge < -0.3 is 14.9 Å². The quantitative estimate of drug-likeness (QED) is 0.839. The highest BCUT2D eigenvalue weighted by molar-refractivity contribution is 5.54. The molecule has 0 fully saturated rings.